The Morgan fingerprint density at radius 1 is 0.963 bits per heavy atom. The number of hydrogen-bond acceptors (Lipinski definition) is 5. The highest BCUT2D eigenvalue weighted by atomic mass is 16.6. The van der Waals surface area contributed by atoms with Crippen LogP contribution in [-0.2, 0) is 11.3 Å². The van der Waals surface area contributed by atoms with Crippen molar-refractivity contribution in [1.29, 1.82) is 0 Å². The van der Waals surface area contributed by atoms with E-state index < -0.39 is 0 Å². The van der Waals surface area contributed by atoms with Gasteiger partial charge in [-0.25, -0.2) is 0 Å². The second kappa shape index (κ2) is 9.38. The van der Waals surface area contributed by atoms with Crippen molar-refractivity contribution < 1.29 is 14.3 Å². The minimum atomic E-state index is 0.516. The summed E-state index contributed by atoms with van der Waals surface area (Å²) in [7, 11) is 3.25. The molecule has 27 heavy (non-hydrogen) atoms. The summed E-state index contributed by atoms with van der Waals surface area (Å²) in [5, 5.41) is 4.10. The molecule has 0 spiro atoms. The molecule has 138 valence electrons. The lowest BCUT2D eigenvalue weighted by Crippen LogP contribution is -1.97. The van der Waals surface area contributed by atoms with Crippen LogP contribution in [0, 0.1) is 0 Å². The van der Waals surface area contributed by atoms with Crippen LogP contribution >= 0.6 is 0 Å². The van der Waals surface area contributed by atoms with E-state index in [9.17, 15) is 0 Å². The fourth-order valence-electron chi connectivity index (χ4n) is 2.70. The molecule has 0 saturated carbocycles. The number of benzene rings is 2. The summed E-state index contributed by atoms with van der Waals surface area (Å²) in [4.78, 5) is 9.91. The molecule has 0 radical (unpaired) electrons. The minimum absolute atomic E-state index is 0.516. The van der Waals surface area contributed by atoms with Crippen molar-refractivity contribution in [3.8, 4) is 22.8 Å². The number of aromatic nitrogens is 1. The van der Waals surface area contributed by atoms with Crippen molar-refractivity contribution in [1.82, 2.24) is 4.98 Å². The van der Waals surface area contributed by atoms with E-state index in [0.717, 1.165) is 29.0 Å². The van der Waals surface area contributed by atoms with Crippen LogP contribution in [0.25, 0.3) is 11.3 Å². The third-order valence-corrected chi connectivity index (χ3v) is 4.09. The van der Waals surface area contributed by atoms with Gasteiger partial charge in [-0.3, -0.25) is 4.98 Å². The maximum absolute atomic E-state index is 5.49. The molecule has 0 fully saturated rings. The van der Waals surface area contributed by atoms with Gasteiger partial charge in [-0.1, -0.05) is 35.5 Å². The standard InChI is InChI=1S/C22H22N2O3/c1-25-19-10-11-20(21(15-19)26-2)22-18(9-6-13-23-22)16-24-27-14-12-17-7-4-3-5-8-17/h3-11,13,15-16H,12,14H2,1-2H3. The number of pyridine rings is 1. The number of rotatable bonds is 8. The molecular formula is C22H22N2O3. The van der Waals surface area contributed by atoms with Crippen LogP contribution in [-0.4, -0.2) is 32.0 Å². The van der Waals surface area contributed by atoms with E-state index in [2.05, 4.69) is 22.3 Å². The van der Waals surface area contributed by atoms with Crippen LogP contribution in [0.3, 0.4) is 0 Å². The molecule has 0 amide bonds. The van der Waals surface area contributed by atoms with Gasteiger partial charge in [-0.15, -0.1) is 0 Å². The van der Waals surface area contributed by atoms with Crippen LogP contribution < -0.4 is 9.47 Å². The molecule has 2 aromatic carbocycles. The summed E-state index contributed by atoms with van der Waals surface area (Å²) in [6.45, 7) is 0.516. The van der Waals surface area contributed by atoms with Gasteiger partial charge in [0.05, 0.1) is 26.1 Å². The van der Waals surface area contributed by atoms with Crippen LogP contribution in [0.4, 0.5) is 0 Å². The first-order valence-corrected chi connectivity index (χ1v) is 8.68. The fourth-order valence-corrected chi connectivity index (χ4v) is 2.70. The van der Waals surface area contributed by atoms with Gasteiger partial charge < -0.3 is 14.3 Å². The summed E-state index contributed by atoms with van der Waals surface area (Å²) in [5.74, 6) is 1.42. The molecule has 1 aromatic heterocycles. The van der Waals surface area contributed by atoms with Crippen molar-refractivity contribution in [2.24, 2.45) is 5.16 Å². The van der Waals surface area contributed by atoms with Gasteiger partial charge in [0.1, 0.15) is 18.1 Å². The zero-order valence-electron chi connectivity index (χ0n) is 15.5. The highest BCUT2D eigenvalue weighted by Crippen LogP contribution is 2.33. The quantitative estimate of drug-likeness (QED) is 0.339. The lowest BCUT2D eigenvalue weighted by atomic mass is 10.1. The van der Waals surface area contributed by atoms with Crippen LogP contribution in [0.2, 0.25) is 0 Å². The molecule has 0 atom stereocenters. The van der Waals surface area contributed by atoms with E-state index in [1.54, 1.807) is 26.6 Å². The smallest absolute Gasteiger partial charge is 0.131 e. The average Bonchev–Trinajstić information content (AvgIpc) is 2.74. The molecule has 3 aromatic rings. The highest BCUT2D eigenvalue weighted by molar-refractivity contribution is 5.89. The number of methoxy groups -OCH3 is 2. The van der Waals surface area contributed by atoms with E-state index in [1.165, 1.54) is 5.56 Å². The largest absolute Gasteiger partial charge is 0.497 e. The Bertz CT molecular complexity index is 895. The predicted molar refractivity (Wildman–Crippen MR) is 106 cm³/mol. The summed E-state index contributed by atoms with van der Waals surface area (Å²) >= 11 is 0. The summed E-state index contributed by atoms with van der Waals surface area (Å²) in [6, 6.07) is 19.6. The van der Waals surface area contributed by atoms with E-state index >= 15 is 0 Å². The minimum Gasteiger partial charge on any atom is -0.497 e. The topological polar surface area (TPSA) is 52.9 Å². The summed E-state index contributed by atoms with van der Waals surface area (Å²) in [6.07, 6.45) is 4.23. The molecule has 5 nitrogen and oxygen atoms in total. The normalized spacial score (nSPS) is 10.7. The van der Waals surface area contributed by atoms with Crippen molar-refractivity contribution >= 4 is 6.21 Å². The van der Waals surface area contributed by atoms with Crippen molar-refractivity contribution in [3.05, 3.63) is 78.0 Å². The second-order valence-corrected chi connectivity index (χ2v) is 5.81. The predicted octanol–water partition coefficient (Wildman–Crippen LogP) is 4.36. The second-order valence-electron chi connectivity index (χ2n) is 5.81. The van der Waals surface area contributed by atoms with Gasteiger partial charge in [-0.05, 0) is 29.8 Å². The molecule has 1 heterocycles. The first-order valence-electron chi connectivity index (χ1n) is 8.68. The molecule has 0 unspecified atom stereocenters. The van der Waals surface area contributed by atoms with E-state index in [0.29, 0.717) is 12.4 Å². The van der Waals surface area contributed by atoms with Crippen LogP contribution in [0.5, 0.6) is 11.5 Å². The Morgan fingerprint density at radius 2 is 1.81 bits per heavy atom. The third-order valence-electron chi connectivity index (χ3n) is 4.09. The highest BCUT2D eigenvalue weighted by Gasteiger charge is 2.12. The van der Waals surface area contributed by atoms with Gasteiger partial charge in [0.2, 0.25) is 0 Å². The van der Waals surface area contributed by atoms with E-state index in [1.807, 2.05) is 48.5 Å². The van der Waals surface area contributed by atoms with Crippen molar-refractivity contribution in [2.45, 2.75) is 6.42 Å². The molecule has 0 aliphatic heterocycles. The molecule has 0 bridgehead atoms. The van der Waals surface area contributed by atoms with Gasteiger partial charge in [0.25, 0.3) is 0 Å². The monoisotopic (exact) mass is 362 g/mol. The first-order chi connectivity index (χ1) is 13.3. The number of ether oxygens (including phenoxy) is 2. The molecule has 0 N–H and O–H groups in total. The first kappa shape index (κ1) is 18.5. The number of oxime groups is 1. The van der Waals surface area contributed by atoms with E-state index in [-0.39, 0.29) is 0 Å². The Labute approximate surface area is 159 Å². The Balaban J connectivity index is 1.72. The Morgan fingerprint density at radius 3 is 2.59 bits per heavy atom. The van der Waals surface area contributed by atoms with Crippen molar-refractivity contribution in [3.63, 3.8) is 0 Å². The molecule has 0 saturated heterocycles. The molecular weight excluding hydrogens is 340 g/mol. The van der Waals surface area contributed by atoms with Crippen molar-refractivity contribution in [2.75, 3.05) is 20.8 Å². The Hall–Kier alpha value is -3.34. The van der Waals surface area contributed by atoms with Crippen LogP contribution in [0.15, 0.2) is 72.0 Å². The lowest BCUT2D eigenvalue weighted by Gasteiger charge is -2.11. The molecule has 5 heteroatoms. The summed E-state index contributed by atoms with van der Waals surface area (Å²) in [5.41, 5.74) is 3.70. The van der Waals surface area contributed by atoms with E-state index in [4.69, 9.17) is 14.3 Å². The fraction of sp³-hybridized carbons (Fsp3) is 0.182. The molecule has 0 aliphatic carbocycles. The van der Waals surface area contributed by atoms with Gasteiger partial charge in [-0.2, -0.15) is 0 Å². The third kappa shape index (κ3) is 4.85. The summed E-state index contributed by atoms with van der Waals surface area (Å²) < 4.78 is 10.8. The molecule has 3 rings (SSSR count). The van der Waals surface area contributed by atoms with Gasteiger partial charge in [0.15, 0.2) is 0 Å². The SMILES string of the molecule is COc1ccc(-c2ncccc2C=NOCCc2ccccc2)c(OC)c1. The van der Waals surface area contributed by atoms with Gasteiger partial charge in [0, 0.05) is 29.8 Å². The zero-order valence-corrected chi connectivity index (χ0v) is 15.5. The lowest BCUT2D eigenvalue weighted by molar-refractivity contribution is 0.149. The number of nitrogens with zero attached hydrogens (tertiary/aromatic N) is 2. The zero-order chi connectivity index (χ0) is 18.9. The average molecular weight is 362 g/mol. The molecule has 0 aliphatic rings. The maximum atomic E-state index is 5.49. The van der Waals surface area contributed by atoms with Crippen LogP contribution in [0.1, 0.15) is 11.1 Å². The van der Waals surface area contributed by atoms with Gasteiger partial charge >= 0.3 is 0 Å². The number of hydrogen-bond donors (Lipinski definition) is 0. The Kier molecular flexibility index (Phi) is 6.41. The maximum Gasteiger partial charge on any atom is 0.131 e.